The van der Waals surface area contributed by atoms with Crippen LogP contribution < -0.4 is 15.4 Å². The van der Waals surface area contributed by atoms with E-state index in [4.69, 9.17) is 21.1 Å². The van der Waals surface area contributed by atoms with E-state index in [2.05, 4.69) is 10.6 Å². The summed E-state index contributed by atoms with van der Waals surface area (Å²) in [6, 6.07) is 4.68. The van der Waals surface area contributed by atoms with Crippen LogP contribution in [0.15, 0.2) is 18.2 Å². The summed E-state index contributed by atoms with van der Waals surface area (Å²) in [5, 5.41) is 15.5. The van der Waals surface area contributed by atoms with Gasteiger partial charge in [-0.25, -0.2) is 0 Å². The molecule has 0 aromatic heterocycles. The first-order chi connectivity index (χ1) is 10.9. The normalized spacial score (nSPS) is 16.5. The Labute approximate surface area is 138 Å². The summed E-state index contributed by atoms with van der Waals surface area (Å²) in [6.45, 7) is 0.853. The van der Waals surface area contributed by atoms with Crippen LogP contribution in [0.1, 0.15) is 12.8 Å². The van der Waals surface area contributed by atoms with Crippen molar-refractivity contribution in [3.63, 3.8) is 0 Å². The third-order valence-corrected chi connectivity index (χ3v) is 3.85. The van der Waals surface area contributed by atoms with Crippen LogP contribution in [0.25, 0.3) is 0 Å². The number of aliphatic hydroxyl groups is 1. The molecule has 0 atom stereocenters. The molecule has 126 valence electrons. The monoisotopic (exact) mass is 342 g/mol. The van der Waals surface area contributed by atoms with Gasteiger partial charge in [-0.05, 0) is 18.2 Å². The van der Waals surface area contributed by atoms with E-state index in [1.165, 1.54) is 13.2 Å². The van der Waals surface area contributed by atoms with Gasteiger partial charge >= 0.3 is 11.8 Å². The average molecular weight is 343 g/mol. The Morgan fingerprint density at radius 2 is 2.04 bits per heavy atom. The first-order valence-corrected chi connectivity index (χ1v) is 7.54. The molecular formula is C15H19ClN2O5. The molecule has 0 bridgehead atoms. The molecule has 23 heavy (non-hydrogen) atoms. The van der Waals surface area contributed by atoms with Gasteiger partial charge in [0.25, 0.3) is 0 Å². The third kappa shape index (κ3) is 4.82. The number of halogens is 1. The van der Waals surface area contributed by atoms with Crippen LogP contribution in [0.3, 0.4) is 0 Å². The van der Waals surface area contributed by atoms with E-state index >= 15 is 0 Å². The highest BCUT2D eigenvalue weighted by Crippen LogP contribution is 2.27. The summed E-state index contributed by atoms with van der Waals surface area (Å²) in [4.78, 5) is 23.8. The standard InChI is InChI=1S/C15H19ClN2O5/c1-22-12-3-2-10(16)8-11(12)18-14(20)13(19)17-9-15(21)4-6-23-7-5-15/h2-3,8,21H,4-7,9H2,1H3,(H,17,19)(H,18,20). The number of benzene rings is 1. The summed E-state index contributed by atoms with van der Waals surface area (Å²) in [7, 11) is 1.44. The van der Waals surface area contributed by atoms with Gasteiger partial charge in [0.2, 0.25) is 0 Å². The topological polar surface area (TPSA) is 96.9 Å². The third-order valence-electron chi connectivity index (χ3n) is 3.62. The molecule has 8 heteroatoms. The molecule has 1 aliphatic heterocycles. The molecule has 0 saturated carbocycles. The van der Waals surface area contributed by atoms with Crippen molar-refractivity contribution in [3.05, 3.63) is 23.2 Å². The fourth-order valence-corrected chi connectivity index (χ4v) is 2.38. The Bertz CT molecular complexity index is 587. The predicted octanol–water partition coefficient (Wildman–Crippen LogP) is 0.945. The molecule has 1 aromatic carbocycles. The largest absolute Gasteiger partial charge is 0.495 e. The number of anilines is 1. The maximum absolute atomic E-state index is 11.9. The molecule has 1 heterocycles. The van der Waals surface area contributed by atoms with Crippen molar-refractivity contribution in [2.75, 3.05) is 32.2 Å². The second kappa shape index (κ2) is 7.63. The van der Waals surface area contributed by atoms with E-state index < -0.39 is 17.4 Å². The molecule has 2 amide bonds. The average Bonchev–Trinajstić information content (AvgIpc) is 2.53. The minimum Gasteiger partial charge on any atom is -0.495 e. The fourth-order valence-electron chi connectivity index (χ4n) is 2.21. The molecule has 1 saturated heterocycles. The van der Waals surface area contributed by atoms with Crippen molar-refractivity contribution in [2.45, 2.75) is 18.4 Å². The molecule has 0 aliphatic carbocycles. The highest BCUT2D eigenvalue weighted by Gasteiger charge is 2.31. The Morgan fingerprint density at radius 3 is 2.70 bits per heavy atom. The van der Waals surface area contributed by atoms with Crippen LogP contribution in [0.4, 0.5) is 5.69 Å². The second-order valence-electron chi connectivity index (χ2n) is 5.32. The zero-order valence-corrected chi connectivity index (χ0v) is 13.5. The molecule has 1 aromatic rings. The molecule has 3 N–H and O–H groups in total. The van der Waals surface area contributed by atoms with Crippen LogP contribution in [0.5, 0.6) is 5.75 Å². The highest BCUT2D eigenvalue weighted by atomic mass is 35.5. The molecule has 1 fully saturated rings. The minimum absolute atomic E-state index is 0.00467. The van der Waals surface area contributed by atoms with Gasteiger partial charge in [-0.2, -0.15) is 0 Å². The Balaban J connectivity index is 1.92. The van der Waals surface area contributed by atoms with Gasteiger partial charge in [-0.3, -0.25) is 9.59 Å². The summed E-state index contributed by atoms with van der Waals surface area (Å²) in [6.07, 6.45) is 0.827. The minimum atomic E-state index is -1.04. The van der Waals surface area contributed by atoms with E-state index in [0.29, 0.717) is 42.5 Å². The zero-order chi connectivity index (χ0) is 16.9. The number of ether oxygens (including phenoxy) is 2. The quantitative estimate of drug-likeness (QED) is 0.708. The lowest BCUT2D eigenvalue weighted by atomic mass is 9.94. The molecule has 7 nitrogen and oxygen atoms in total. The number of hydrogen-bond donors (Lipinski definition) is 3. The van der Waals surface area contributed by atoms with Gasteiger partial charge in [-0.1, -0.05) is 11.6 Å². The Hall–Kier alpha value is -1.83. The van der Waals surface area contributed by atoms with Crippen LogP contribution in [-0.2, 0) is 14.3 Å². The van der Waals surface area contributed by atoms with Gasteiger partial charge in [0, 0.05) is 37.6 Å². The SMILES string of the molecule is COc1ccc(Cl)cc1NC(=O)C(=O)NCC1(O)CCOCC1. The highest BCUT2D eigenvalue weighted by molar-refractivity contribution is 6.40. The lowest BCUT2D eigenvalue weighted by Gasteiger charge is -2.31. The van der Waals surface area contributed by atoms with Crippen LogP contribution in [-0.4, -0.2) is 49.4 Å². The van der Waals surface area contributed by atoms with Crippen molar-refractivity contribution >= 4 is 29.1 Å². The molecule has 0 unspecified atom stereocenters. The first kappa shape index (κ1) is 17.5. The van der Waals surface area contributed by atoms with E-state index in [-0.39, 0.29) is 6.54 Å². The van der Waals surface area contributed by atoms with Gasteiger partial charge < -0.3 is 25.2 Å². The predicted molar refractivity (Wildman–Crippen MR) is 84.6 cm³/mol. The smallest absolute Gasteiger partial charge is 0.313 e. The maximum Gasteiger partial charge on any atom is 0.313 e. The number of carbonyl (C=O) groups is 2. The number of hydrogen-bond acceptors (Lipinski definition) is 5. The summed E-state index contributed by atoms with van der Waals surface area (Å²) >= 11 is 5.87. The van der Waals surface area contributed by atoms with E-state index in [1.807, 2.05) is 0 Å². The zero-order valence-electron chi connectivity index (χ0n) is 12.7. The lowest BCUT2D eigenvalue weighted by molar-refractivity contribution is -0.137. The van der Waals surface area contributed by atoms with Crippen molar-refractivity contribution < 1.29 is 24.2 Å². The Kier molecular flexibility index (Phi) is 5.81. The molecular weight excluding hydrogens is 324 g/mol. The molecule has 2 rings (SSSR count). The van der Waals surface area contributed by atoms with Crippen LogP contribution in [0.2, 0.25) is 5.02 Å². The first-order valence-electron chi connectivity index (χ1n) is 7.16. The summed E-state index contributed by atoms with van der Waals surface area (Å²) < 4.78 is 10.2. The van der Waals surface area contributed by atoms with Gasteiger partial charge in [0.15, 0.2) is 0 Å². The van der Waals surface area contributed by atoms with Gasteiger partial charge in [-0.15, -0.1) is 0 Å². The van der Waals surface area contributed by atoms with Crippen molar-refractivity contribution in [3.8, 4) is 5.75 Å². The molecule has 0 radical (unpaired) electrons. The van der Waals surface area contributed by atoms with Crippen molar-refractivity contribution in [1.82, 2.24) is 5.32 Å². The van der Waals surface area contributed by atoms with Gasteiger partial charge in [0.1, 0.15) is 5.75 Å². The van der Waals surface area contributed by atoms with E-state index in [9.17, 15) is 14.7 Å². The Morgan fingerprint density at radius 1 is 1.35 bits per heavy atom. The van der Waals surface area contributed by atoms with Gasteiger partial charge in [0.05, 0.1) is 18.4 Å². The van der Waals surface area contributed by atoms with Crippen molar-refractivity contribution in [2.24, 2.45) is 0 Å². The van der Waals surface area contributed by atoms with E-state index in [1.54, 1.807) is 12.1 Å². The molecule has 0 spiro atoms. The number of amides is 2. The van der Waals surface area contributed by atoms with Crippen LogP contribution in [0, 0.1) is 0 Å². The second-order valence-corrected chi connectivity index (χ2v) is 5.75. The summed E-state index contributed by atoms with van der Waals surface area (Å²) in [5.74, 6) is -1.31. The number of nitrogens with one attached hydrogen (secondary N) is 2. The number of methoxy groups -OCH3 is 1. The fraction of sp³-hybridized carbons (Fsp3) is 0.467. The van der Waals surface area contributed by atoms with Crippen LogP contribution >= 0.6 is 11.6 Å². The van der Waals surface area contributed by atoms with E-state index in [0.717, 1.165) is 0 Å². The number of carbonyl (C=O) groups excluding carboxylic acids is 2. The maximum atomic E-state index is 11.9. The molecule has 1 aliphatic rings. The van der Waals surface area contributed by atoms with Crippen molar-refractivity contribution in [1.29, 1.82) is 0 Å². The summed E-state index contributed by atoms with van der Waals surface area (Å²) in [5.41, 5.74) is -0.744. The lowest BCUT2D eigenvalue weighted by Crippen LogP contribution is -2.48. The number of rotatable bonds is 4.